The fourth-order valence-electron chi connectivity index (χ4n) is 1.95. The first-order valence-corrected chi connectivity index (χ1v) is 6.95. The van der Waals surface area contributed by atoms with Crippen LogP contribution in [0.1, 0.15) is 17.2 Å². The quantitative estimate of drug-likeness (QED) is 0.753. The van der Waals surface area contributed by atoms with Crippen molar-refractivity contribution in [1.82, 2.24) is 5.32 Å². The molecule has 0 aromatic heterocycles. The summed E-state index contributed by atoms with van der Waals surface area (Å²) < 4.78 is 0. The number of carbonyl (C=O) groups is 2. The maximum absolute atomic E-state index is 11.8. The highest BCUT2D eigenvalue weighted by Crippen LogP contribution is 2.13. The molecule has 0 aliphatic heterocycles. The fraction of sp³-hybridized carbons (Fsp3) is 0.176. The summed E-state index contributed by atoms with van der Waals surface area (Å²) in [7, 11) is 0. The second kappa shape index (κ2) is 7.38. The minimum atomic E-state index is -0.851. The molecule has 1 atom stereocenters. The Hall–Kier alpha value is -2.66. The summed E-state index contributed by atoms with van der Waals surface area (Å²) in [6.07, 6.45) is -0.851. The third-order valence-corrected chi connectivity index (χ3v) is 3.24. The van der Waals surface area contributed by atoms with Gasteiger partial charge in [-0.1, -0.05) is 48.5 Å². The fourth-order valence-corrected chi connectivity index (χ4v) is 1.95. The zero-order chi connectivity index (χ0) is 15.9. The van der Waals surface area contributed by atoms with E-state index < -0.39 is 17.9 Å². The molecule has 2 aromatic rings. The average molecular weight is 298 g/mol. The molecule has 0 saturated carbocycles. The first kappa shape index (κ1) is 15.7. The number of hydrogen-bond donors (Lipinski definition) is 3. The summed E-state index contributed by atoms with van der Waals surface area (Å²) in [5, 5.41) is 14.9. The van der Waals surface area contributed by atoms with Crippen molar-refractivity contribution < 1.29 is 14.7 Å². The molecule has 3 N–H and O–H groups in total. The van der Waals surface area contributed by atoms with E-state index in [9.17, 15) is 14.7 Å². The van der Waals surface area contributed by atoms with Crippen LogP contribution in [0.15, 0.2) is 54.6 Å². The molecular formula is C17H18N2O3. The summed E-state index contributed by atoms with van der Waals surface area (Å²) in [6, 6.07) is 16.1. The van der Waals surface area contributed by atoms with E-state index in [-0.39, 0.29) is 6.54 Å². The van der Waals surface area contributed by atoms with E-state index in [0.717, 1.165) is 5.56 Å². The van der Waals surface area contributed by atoms with Crippen LogP contribution in [-0.4, -0.2) is 23.5 Å². The van der Waals surface area contributed by atoms with Gasteiger partial charge in [-0.15, -0.1) is 0 Å². The van der Waals surface area contributed by atoms with Crippen molar-refractivity contribution in [3.8, 4) is 0 Å². The van der Waals surface area contributed by atoms with Gasteiger partial charge in [0.1, 0.15) is 0 Å². The van der Waals surface area contributed by atoms with Crippen LogP contribution >= 0.6 is 0 Å². The predicted molar refractivity (Wildman–Crippen MR) is 84.2 cm³/mol. The van der Waals surface area contributed by atoms with Gasteiger partial charge in [-0.05, 0) is 24.1 Å². The zero-order valence-corrected chi connectivity index (χ0v) is 12.2. The van der Waals surface area contributed by atoms with Crippen molar-refractivity contribution in [1.29, 1.82) is 0 Å². The van der Waals surface area contributed by atoms with Gasteiger partial charge >= 0.3 is 11.8 Å². The first-order chi connectivity index (χ1) is 10.6. The molecule has 1 unspecified atom stereocenters. The number of para-hydroxylation sites is 1. The Labute approximate surface area is 129 Å². The lowest BCUT2D eigenvalue weighted by Gasteiger charge is -2.12. The topological polar surface area (TPSA) is 78.4 Å². The van der Waals surface area contributed by atoms with Crippen molar-refractivity contribution in [3.63, 3.8) is 0 Å². The molecule has 0 spiro atoms. The van der Waals surface area contributed by atoms with Crippen LogP contribution < -0.4 is 10.6 Å². The molecule has 0 aliphatic rings. The van der Waals surface area contributed by atoms with Crippen molar-refractivity contribution in [2.75, 3.05) is 11.9 Å². The van der Waals surface area contributed by atoms with Crippen LogP contribution in [0.25, 0.3) is 0 Å². The molecule has 114 valence electrons. The summed E-state index contributed by atoms with van der Waals surface area (Å²) in [5.74, 6) is -1.53. The predicted octanol–water partition coefficient (Wildman–Crippen LogP) is 1.78. The van der Waals surface area contributed by atoms with Gasteiger partial charge in [0, 0.05) is 12.2 Å². The molecule has 22 heavy (non-hydrogen) atoms. The number of aliphatic hydroxyl groups is 1. The molecular weight excluding hydrogens is 280 g/mol. The molecule has 5 nitrogen and oxygen atoms in total. The number of rotatable bonds is 4. The Kier molecular flexibility index (Phi) is 5.27. The zero-order valence-electron chi connectivity index (χ0n) is 12.2. The van der Waals surface area contributed by atoms with Gasteiger partial charge in [0.25, 0.3) is 0 Å². The first-order valence-electron chi connectivity index (χ1n) is 6.95. The van der Waals surface area contributed by atoms with Crippen LogP contribution in [0.4, 0.5) is 5.69 Å². The van der Waals surface area contributed by atoms with Crippen molar-refractivity contribution >= 4 is 17.5 Å². The third-order valence-electron chi connectivity index (χ3n) is 3.24. The van der Waals surface area contributed by atoms with Gasteiger partial charge < -0.3 is 15.7 Å². The number of carbonyl (C=O) groups excluding carboxylic acids is 2. The van der Waals surface area contributed by atoms with Crippen LogP contribution in [0.5, 0.6) is 0 Å². The highest BCUT2D eigenvalue weighted by molar-refractivity contribution is 6.39. The Morgan fingerprint density at radius 2 is 1.64 bits per heavy atom. The molecule has 0 fully saturated rings. The summed E-state index contributed by atoms with van der Waals surface area (Å²) in [6.45, 7) is 1.82. The maximum atomic E-state index is 11.8. The van der Waals surface area contributed by atoms with E-state index in [1.807, 2.05) is 25.1 Å². The number of amides is 2. The minimum Gasteiger partial charge on any atom is -0.387 e. The standard InChI is InChI=1S/C17H18N2O3/c1-12-7-5-6-10-14(12)19-17(22)16(21)18-11-15(20)13-8-3-2-4-9-13/h2-10,15,20H,11H2,1H3,(H,18,21)(H,19,22). The lowest BCUT2D eigenvalue weighted by atomic mass is 10.1. The van der Waals surface area contributed by atoms with E-state index in [0.29, 0.717) is 11.3 Å². The lowest BCUT2D eigenvalue weighted by Crippen LogP contribution is -2.37. The second-order valence-electron chi connectivity index (χ2n) is 4.91. The van der Waals surface area contributed by atoms with E-state index in [1.165, 1.54) is 0 Å². The number of benzene rings is 2. The molecule has 0 bridgehead atoms. The van der Waals surface area contributed by atoms with E-state index in [2.05, 4.69) is 10.6 Å². The lowest BCUT2D eigenvalue weighted by molar-refractivity contribution is -0.136. The normalized spacial score (nSPS) is 11.5. The highest BCUT2D eigenvalue weighted by Gasteiger charge is 2.16. The molecule has 0 aliphatic carbocycles. The van der Waals surface area contributed by atoms with Crippen molar-refractivity contribution in [2.24, 2.45) is 0 Å². The largest absolute Gasteiger partial charge is 0.387 e. The van der Waals surface area contributed by atoms with Gasteiger partial charge in [-0.3, -0.25) is 9.59 Å². The van der Waals surface area contributed by atoms with Gasteiger partial charge in [0.2, 0.25) is 0 Å². The SMILES string of the molecule is Cc1ccccc1NC(=O)C(=O)NCC(O)c1ccccc1. The smallest absolute Gasteiger partial charge is 0.313 e. The number of aryl methyl sites for hydroxylation is 1. The number of aliphatic hydroxyl groups excluding tert-OH is 1. The van der Waals surface area contributed by atoms with Crippen molar-refractivity contribution in [3.05, 3.63) is 65.7 Å². The molecule has 2 aromatic carbocycles. The van der Waals surface area contributed by atoms with Crippen LogP contribution in [0.2, 0.25) is 0 Å². The van der Waals surface area contributed by atoms with Crippen molar-refractivity contribution in [2.45, 2.75) is 13.0 Å². The van der Waals surface area contributed by atoms with Gasteiger partial charge in [-0.25, -0.2) is 0 Å². The second-order valence-corrected chi connectivity index (χ2v) is 4.91. The third kappa shape index (κ3) is 4.17. The molecule has 5 heteroatoms. The monoisotopic (exact) mass is 298 g/mol. The molecule has 0 heterocycles. The van der Waals surface area contributed by atoms with Crippen LogP contribution in [0.3, 0.4) is 0 Å². The van der Waals surface area contributed by atoms with Crippen LogP contribution in [-0.2, 0) is 9.59 Å². The number of nitrogens with one attached hydrogen (secondary N) is 2. The molecule has 2 amide bonds. The van der Waals surface area contributed by atoms with E-state index in [1.54, 1.807) is 36.4 Å². The Balaban J connectivity index is 1.87. The summed E-state index contributed by atoms with van der Waals surface area (Å²) in [4.78, 5) is 23.6. The molecule has 0 saturated heterocycles. The Morgan fingerprint density at radius 3 is 2.32 bits per heavy atom. The minimum absolute atomic E-state index is 0.0238. The van der Waals surface area contributed by atoms with Gasteiger partial charge in [0.15, 0.2) is 0 Å². The van der Waals surface area contributed by atoms with E-state index >= 15 is 0 Å². The molecule has 0 radical (unpaired) electrons. The Morgan fingerprint density at radius 1 is 1.00 bits per heavy atom. The van der Waals surface area contributed by atoms with Crippen LogP contribution in [0, 0.1) is 6.92 Å². The van der Waals surface area contributed by atoms with Gasteiger partial charge in [0.05, 0.1) is 6.10 Å². The number of anilines is 1. The summed E-state index contributed by atoms with van der Waals surface area (Å²) >= 11 is 0. The highest BCUT2D eigenvalue weighted by atomic mass is 16.3. The van der Waals surface area contributed by atoms with Gasteiger partial charge in [-0.2, -0.15) is 0 Å². The number of hydrogen-bond acceptors (Lipinski definition) is 3. The summed E-state index contributed by atoms with van der Waals surface area (Å²) in [5.41, 5.74) is 2.14. The Bertz CT molecular complexity index is 656. The maximum Gasteiger partial charge on any atom is 0.313 e. The molecule has 2 rings (SSSR count). The van der Waals surface area contributed by atoms with E-state index in [4.69, 9.17) is 0 Å². The average Bonchev–Trinajstić information content (AvgIpc) is 2.55.